The van der Waals surface area contributed by atoms with Crippen molar-refractivity contribution in [2.75, 3.05) is 38.0 Å². The van der Waals surface area contributed by atoms with E-state index < -0.39 is 5.97 Å². The van der Waals surface area contributed by atoms with Crippen LogP contribution in [-0.4, -0.2) is 48.8 Å². The lowest BCUT2D eigenvalue weighted by molar-refractivity contribution is -0.119. The van der Waals surface area contributed by atoms with E-state index in [0.29, 0.717) is 34.9 Å². The van der Waals surface area contributed by atoms with Gasteiger partial charge in [0.05, 0.1) is 24.7 Å². The molecule has 2 N–H and O–H groups in total. The van der Waals surface area contributed by atoms with Crippen LogP contribution in [0, 0.1) is 5.92 Å². The van der Waals surface area contributed by atoms with Gasteiger partial charge in [0.2, 0.25) is 5.91 Å². The van der Waals surface area contributed by atoms with Crippen molar-refractivity contribution in [1.82, 2.24) is 9.55 Å². The molecule has 8 heteroatoms. The quantitative estimate of drug-likeness (QED) is 0.365. The van der Waals surface area contributed by atoms with Crippen LogP contribution in [0.5, 0.6) is 0 Å². The summed E-state index contributed by atoms with van der Waals surface area (Å²) in [6.45, 7) is 1.33. The molecule has 1 aromatic carbocycles. The molecule has 0 aliphatic heterocycles. The topological polar surface area (TPSA) is 94.5 Å². The Morgan fingerprint density at radius 2 is 1.89 bits per heavy atom. The lowest BCUT2D eigenvalue weighted by Gasteiger charge is -2.22. The first-order valence-electron chi connectivity index (χ1n) is 12.8. The number of hydrogen-bond acceptors (Lipinski definition) is 6. The number of hydrogen-bond donors (Lipinski definition) is 2. The average molecular weight is 493 g/mol. The van der Waals surface area contributed by atoms with Gasteiger partial charge in [0.15, 0.2) is 5.69 Å². The minimum atomic E-state index is -0.517. The molecule has 0 spiro atoms. The molecule has 192 valence electrons. The Morgan fingerprint density at radius 1 is 1.11 bits per heavy atom. The maximum Gasteiger partial charge on any atom is 0.356 e. The van der Waals surface area contributed by atoms with Crippen LogP contribution in [0.3, 0.4) is 0 Å². The predicted molar refractivity (Wildman–Crippen MR) is 141 cm³/mol. The number of methoxy groups -OCH3 is 2. The van der Waals surface area contributed by atoms with E-state index in [1.54, 1.807) is 6.20 Å². The van der Waals surface area contributed by atoms with Gasteiger partial charge in [0.1, 0.15) is 12.3 Å². The van der Waals surface area contributed by atoms with E-state index in [2.05, 4.69) is 22.8 Å². The summed E-state index contributed by atoms with van der Waals surface area (Å²) < 4.78 is 12.0. The van der Waals surface area contributed by atoms with Gasteiger partial charge >= 0.3 is 5.97 Å². The third-order valence-electron chi connectivity index (χ3n) is 6.83. The first-order chi connectivity index (χ1) is 17.6. The SMILES string of the molecule is COCC(=O)Nc1c(C(=O)OC)n(CCCc2ccccc2)c2ncc(NCC3CCCCC3)cc12. The van der Waals surface area contributed by atoms with Crippen LogP contribution in [0.25, 0.3) is 11.0 Å². The van der Waals surface area contributed by atoms with Crippen LogP contribution in [0.15, 0.2) is 42.6 Å². The molecule has 0 radical (unpaired) electrons. The fourth-order valence-electron chi connectivity index (χ4n) is 5.02. The number of pyridine rings is 1. The molecular formula is C28H36N4O4. The van der Waals surface area contributed by atoms with Gasteiger partial charge in [-0.3, -0.25) is 4.79 Å². The molecule has 0 unspecified atom stereocenters. The fraction of sp³-hybridized carbons (Fsp3) is 0.464. The van der Waals surface area contributed by atoms with Gasteiger partial charge in [-0.1, -0.05) is 49.6 Å². The van der Waals surface area contributed by atoms with Gasteiger partial charge in [-0.05, 0) is 43.2 Å². The van der Waals surface area contributed by atoms with Crippen molar-refractivity contribution in [1.29, 1.82) is 0 Å². The number of amides is 1. The summed E-state index contributed by atoms with van der Waals surface area (Å²) in [6.07, 6.45) is 9.83. The first kappa shape index (κ1) is 25.7. The van der Waals surface area contributed by atoms with Crippen LogP contribution in [0.2, 0.25) is 0 Å². The molecule has 0 saturated heterocycles. The zero-order chi connectivity index (χ0) is 25.3. The Bertz CT molecular complexity index is 1170. The van der Waals surface area contributed by atoms with Crippen LogP contribution < -0.4 is 10.6 Å². The van der Waals surface area contributed by atoms with Crippen molar-refractivity contribution in [3.63, 3.8) is 0 Å². The second-order valence-electron chi connectivity index (χ2n) is 9.42. The monoisotopic (exact) mass is 492 g/mol. The zero-order valence-corrected chi connectivity index (χ0v) is 21.2. The van der Waals surface area contributed by atoms with Crippen LogP contribution >= 0.6 is 0 Å². The van der Waals surface area contributed by atoms with E-state index in [4.69, 9.17) is 14.5 Å². The maximum atomic E-state index is 12.9. The first-order valence-corrected chi connectivity index (χ1v) is 12.8. The van der Waals surface area contributed by atoms with Crippen LogP contribution in [0.4, 0.5) is 11.4 Å². The highest BCUT2D eigenvalue weighted by Gasteiger charge is 2.26. The van der Waals surface area contributed by atoms with Crippen molar-refractivity contribution in [2.24, 2.45) is 5.92 Å². The Morgan fingerprint density at radius 3 is 2.61 bits per heavy atom. The summed E-state index contributed by atoms with van der Waals surface area (Å²) in [4.78, 5) is 30.2. The summed E-state index contributed by atoms with van der Waals surface area (Å²) in [5.74, 6) is -0.202. The van der Waals surface area contributed by atoms with Crippen molar-refractivity contribution in [2.45, 2.75) is 51.5 Å². The lowest BCUT2D eigenvalue weighted by Crippen LogP contribution is -2.20. The Balaban J connectivity index is 1.66. The van der Waals surface area contributed by atoms with Gasteiger partial charge < -0.3 is 24.7 Å². The summed E-state index contributed by atoms with van der Waals surface area (Å²) in [6, 6.07) is 12.2. The highest BCUT2D eigenvalue weighted by atomic mass is 16.5. The van der Waals surface area contributed by atoms with Gasteiger partial charge in [0.25, 0.3) is 0 Å². The summed E-state index contributed by atoms with van der Waals surface area (Å²) in [5, 5.41) is 7.10. The van der Waals surface area contributed by atoms with E-state index in [-0.39, 0.29) is 12.5 Å². The third kappa shape index (κ3) is 6.23. The number of fused-ring (bicyclic) bond motifs is 1. The molecule has 1 aliphatic rings. The highest BCUT2D eigenvalue weighted by Crippen LogP contribution is 2.33. The second kappa shape index (κ2) is 12.5. The average Bonchev–Trinajstić information content (AvgIpc) is 3.20. The van der Waals surface area contributed by atoms with Gasteiger partial charge in [-0.15, -0.1) is 0 Å². The number of nitrogens with zero attached hydrogens (tertiary/aromatic N) is 2. The number of carbonyl (C=O) groups excluding carboxylic acids is 2. The number of nitrogens with one attached hydrogen (secondary N) is 2. The zero-order valence-electron chi connectivity index (χ0n) is 21.2. The van der Waals surface area contributed by atoms with Gasteiger partial charge in [-0.25, -0.2) is 9.78 Å². The number of rotatable bonds is 11. The minimum absolute atomic E-state index is 0.117. The number of aromatic nitrogens is 2. The number of carbonyl (C=O) groups is 2. The fourth-order valence-corrected chi connectivity index (χ4v) is 5.02. The number of anilines is 2. The minimum Gasteiger partial charge on any atom is -0.464 e. The lowest BCUT2D eigenvalue weighted by atomic mass is 9.89. The number of esters is 1. The Kier molecular flexibility index (Phi) is 8.95. The van der Waals surface area contributed by atoms with Crippen molar-refractivity contribution in [3.05, 3.63) is 53.9 Å². The number of ether oxygens (including phenoxy) is 2. The molecule has 8 nitrogen and oxygen atoms in total. The second-order valence-corrected chi connectivity index (χ2v) is 9.42. The Labute approximate surface area is 212 Å². The molecule has 3 aromatic rings. The molecule has 2 heterocycles. The summed E-state index contributed by atoms with van der Waals surface area (Å²) in [7, 11) is 2.81. The molecule has 1 saturated carbocycles. The number of aryl methyl sites for hydroxylation is 2. The molecule has 1 fully saturated rings. The highest BCUT2D eigenvalue weighted by molar-refractivity contribution is 6.11. The molecule has 0 atom stereocenters. The van der Waals surface area contributed by atoms with E-state index in [1.165, 1.54) is 51.9 Å². The van der Waals surface area contributed by atoms with Crippen molar-refractivity contribution >= 4 is 34.3 Å². The maximum absolute atomic E-state index is 12.9. The molecule has 2 aromatic heterocycles. The molecule has 4 rings (SSSR count). The van der Waals surface area contributed by atoms with Gasteiger partial charge in [-0.2, -0.15) is 0 Å². The van der Waals surface area contributed by atoms with E-state index in [9.17, 15) is 9.59 Å². The predicted octanol–water partition coefficient (Wildman–Crippen LogP) is 5.03. The molecule has 1 amide bonds. The molecular weight excluding hydrogens is 456 g/mol. The standard InChI is InChI=1S/C28H36N4O4/c1-35-19-24(33)31-25-23-16-22(29-17-21-12-7-4-8-13-21)18-30-27(23)32(26(25)28(34)36-2)15-9-14-20-10-5-3-6-11-20/h3,5-6,10-11,16,18,21,29H,4,7-9,12-15,17,19H2,1-2H3,(H,31,33). The largest absolute Gasteiger partial charge is 0.464 e. The van der Waals surface area contributed by atoms with Crippen LogP contribution in [0.1, 0.15) is 54.6 Å². The van der Waals surface area contributed by atoms with E-state index in [0.717, 1.165) is 25.1 Å². The Hall–Kier alpha value is -3.39. The van der Waals surface area contributed by atoms with Gasteiger partial charge in [0, 0.05) is 25.6 Å². The van der Waals surface area contributed by atoms with Crippen molar-refractivity contribution < 1.29 is 19.1 Å². The summed E-state index contributed by atoms with van der Waals surface area (Å²) >= 11 is 0. The normalized spacial score (nSPS) is 14.1. The summed E-state index contributed by atoms with van der Waals surface area (Å²) in [5.41, 5.74) is 3.44. The van der Waals surface area contributed by atoms with E-state index in [1.807, 2.05) is 28.8 Å². The molecule has 0 bridgehead atoms. The molecule has 36 heavy (non-hydrogen) atoms. The van der Waals surface area contributed by atoms with E-state index >= 15 is 0 Å². The van der Waals surface area contributed by atoms with Crippen LogP contribution in [-0.2, 0) is 27.2 Å². The third-order valence-corrected chi connectivity index (χ3v) is 6.83. The molecule has 1 aliphatic carbocycles. The smallest absolute Gasteiger partial charge is 0.356 e. The number of benzene rings is 1. The van der Waals surface area contributed by atoms with Crippen molar-refractivity contribution in [3.8, 4) is 0 Å².